The standard InChI is InChI=1S/C52H103NO9/c1-3-5-7-9-11-13-15-17-19-21-22-23-24-25-27-29-31-33-35-37-39-41-47(56)53-44(43-61-52-51(60)50(59)49(58)46(42-54)62-52)48(57)45(55)40-38-36-34-32-30-28-26-20-18-16-14-12-10-8-6-4-2/h44-46,48-52,54-55,57-60H,3-43H2,1-2H3,(H,53,56)/t44-,45+,46?,48-,49-,50?,51+,52-/m0/s1. The number of aliphatic hydroxyl groups is 6. The van der Waals surface area contributed by atoms with Gasteiger partial charge in [0.15, 0.2) is 6.29 Å². The molecule has 0 aromatic carbocycles. The topological polar surface area (TPSA) is 169 Å². The molecular weight excluding hydrogens is 783 g/mol. The van der Waals surface area contributed by atoms with E-state index in [0.29, 0.717) is 6.42 Å². The summed E-state index contributed by atoms with van der Waals surface area (Å²) in [5.41, 5.74) is 0. The first-order valence-corrected chi connectivity index (χ1v) is 26.8. The molecule has 1 aliphatic rings. The highest BCUT2D eigenvalue weighted by molar-refractivity contribution is 5.76. The summed E-state index contributed by atoms with van der Waals surface area (Å²) in [5, 5.41) is 65.4. The highest BCUT2D eigenvalue weighted by Gasteiger charge is 2.44. The van der Waals surface area contributed by atoms with E-state index in [1.54, 1.807) is 0 Å². The Kier molecular flexibility index (Phi) is 40.8. The molecule has 2 unspecified atom stereocenters. The van der Waals surface area contributed by atoms with Crippen LogP contribution in [0.15, 0.2) is 0 Å². The van der Waals surface area contributed by atoms with Crippen LogP contribution >= 0.6 is 0 Å². The molecule has 0 aromatic heterocycles. The number of aliphatic hydroxyl groups excluding tert-OH is 6. The number of carbonyl (C=O) groups is 1. The van der Waals surface area contributed by atoms with Gasteiger partial charge in [-0.25, -0.2) is 0 Å². The van der Waals surface area contributed by atoms with Crippen molar-refractivity contribution in [2.24, 2.45) is 0 Å². The van der Waals surface area contributed by atoms with Crippen LogP contribution in [-0.2, 0) is 14.3 Å². The van der Waals surface area contributed by atoms with Crippen LogP contribution in [0.5, 0.6) is 0 Å². The fraction of sp³-hybridized carbons (Fsp3) is 0.981. The van der Waals surface area contributed by atoms with Crippen LogP contribution in [0.4, 0.5) is 0 Å². The minimum Gasteiger partial charge on any atom is -0.394 e. The van der Waals surface area contributed by atoms with Crippen LogP contribution in [0.1, 0.15) is 264 Å². The smallest absolute Gasteiger partial charge is 0.220 e. The van der Waals surface area contributed by atoms with Gasteiger partial charge in [-0.2, -0.15) is 0 Å². The Morgan fingerprint density at radius 1 is 0.500 bits per heavy atom. The van der Waals surface area contributed by atoms with Gasteiger partial charge in [-0.3, -0.25) is 4.79 Å². The van der Waals surface area contributed by atoms with E-state index in [-0.39, 0.29) is 18.9 Å². The van der Waals surface area contributed by atoms with Crippen LogP contribution in [0.2, 0.25) is 0 Å². The number of carbonyl (C=O) groups excluding carboxylic acids is 1. The van der Waals surface area contributed by atoms with E-state index in [9.17, 15) is 35.4 Å². The molecule has 10 heteroatoms. The van der Waals surface area contributed by atoms with Gasteiger partial charge in [0.2, 0.25) is 5.91 Å². The van der Waals surface area contributed by atoms with Gasteiger partial charge >= 0.3 is 0 Å². The lowest BCUT2D eigenvalue weighted by Gasteiger charge is -2.40. The van der Waals surface area contributed by atoms with Gasteiger partial charge in [0, 0.05) is 6.42 Å². The van der Waals surface area contributed by atoms with E-state index in [4.69, 9.17) is 9.47 Å². The van der Waals surface area contributed by atoms with E-state index in [1.807, 2.05) is 0 Å². The highest BCUT2D eigenvalue weighted by atomic mass is 16.7. The molecular formula is C52H103NO9. The van der Waals surface area contributed by atoms with Crippen LogP contribution in [0.25, 0.3) is 0 Å². The van der Waals surface area contributed by atoms with Gasteiger partial charge in [0.1, 0.15) is 30.5 Å². The van der Waals surface area contributed by atoms with Crippen molar-refractivity contribution in [3.05, 3.63) is 0 Å². The molecule has 10 nitrogen and oxygen atoms in total. The molecule has 0 aromatic rings. The molecule has 1 heterocycles. The Bertz CT molecular complexity index is 957. The van der Waals surface area contributed by atoms with Crippen molar-refractivity contribution >= 4 is 5.91 Å². The molecule has 0 spiro atoms. The molecule has 370 valence electrons. The minimum atomic E-state index is -1.60. The van der Waals surface area contributed by atoms with Gasteiger partial charge in [-0.05, 0) is 12.8 Å². The second kappa shape index (κ2) is 42.8. The van der Waals surface area contributed by atoms with E-state index < -0.39 is 55.6 Å². The fourth-order valence-corrected chi connectivity index (χ4v) is 8.97. The summed E-state index contributed by atoms with van der Waals surface area (Å²) in [6, 6.07) is -0.985. The molecule has 0 saturated carbocycles. The second-order valence-corrected chi connectivity index (χ2v) is 19.2. The highest BCUT2D eigenvalue weighted by Crippen LogP contribution is 2.23. The molecule has 1 aliphatic heterocycles. The molecule has 1 rings (SSSR count). The van der Waals surface area contributed by atoms with Crippen molar-refractivity contribution < 1.29 is 44.9 Å². The van der Waals surface area contributed by atoms with E-state index >= 15 is 0 Å². The van der Waals surface area contributed by atoms with Crippen molar-refractivity contribution in [3.63, 3.8) is 0 Å². The Morgan fingerprint density at radius 3 is 1.19 bits per heavy atom. The zero-order valence-electron chi connectivity index (χ0n) is 40.5. The molecule has 7 N–H and O–H groups in total. The SMILES string of the molecule is CCCCCCCCCCCCCCCCCCCCCCCC(=O)N[C@@H](CO[C@H]1OC(CO)[C@H](O)C(O)[C@H]1O)[C@H](O)[C@H](O)CCCCCCCCCCCCCCCCCC. The average molecular weight is 886 g/mol. The monoisotopic (exact) mass is 886 g/mol. The van der Waals surface area contributed by atoms with Gasteiger partial charge in [-0.1, -0.05) is 245 Å². The second-order valence-electron chi connectivity index (χ2n) is 19.2. The number of nitrogens with one attached hydrogen (secondary N) is 1. The summed E-state index contributed by atoms with van der Waals surface area (Å²) < 4.78 is 11.2. The van der Waals surface area contributed by atoms with Crippen molar-refractivity contribution in [3.8, 4) is 0 Å². The first-order chi connectivity index (χ1) is 30.3. The van der Waals surface area contributed by atoms with Crippen LogP contribution in [-0.4, -0.2) is 98.7 Å². The van der Waals surface area contributed by atoms with E-state index in [1.165, 1.54) is 199 Å². The molecule has 0 aliphatic carbocycles. The summed E-state index contributed by atoms with van der Waals surface area (Å²) in [6.07, 6.45) is 38.2. The zero-order chi connectivity index (χ0) is 45.3. The number of hydrogen-bond donors (Lipinski definition) is 7. The maximum Gasteiger partial charge on any atom is 0.220 e. The summed E-state index contributed by atoms with van der Waals surface area (Å²) in [6.45, 7) is 3.65. The average Bonchev–Trinajstić information content (AvgIpc) is 3.27. The van der Waals surface area contributed by atoms with Gasteiger partial charge < -0.3 is 45.4 Å². The largest absolute Gasteiger partial charge is 0.394 e. The molecule has 0 bridgehead atoms. The van der Waals surface area contributed by atoms with Crippen LogP contribution in [0.3, 0.4) is 0 Å². The number of unbranched alkanes of at least 4 members (excludes halogenated alkanes) is 35. The summed E-state index contributed by atoms with van der Waals surface area (Å²) in [4.78, 5) is 13.1. The number of hydrogen-bond acceptors (Lipinski definition) is 9. The van der Waals surface area contributed by atoms with E-state index in [0.717, 1.165) is 38.5 Å². The third kappa shape index (κ3) is 31.9. The summed E-state index contributed by atoms with van der Waals surface area (Å²) >= 11 is 0. The predicted octanol–water partition coefficient (Wildman–Crippen LogP) is 11.3. The lowest BCUT2D eigenvalue weighted by Crippen LogP contribution is -2.60. The maximum absolute atomic E-state index is 13.1. The van der Waals surface area contributed by atoms with Gasteiger partial charge in [0.25, 0.3) is 0 Å². The third-order valence-corrected chi connectivity index (χ3v) is 13.3. The zero-order valence-corrected chi connectivity index (χ0v) is 40.5. The first-order valence-electron chi connectivity index (χ1n) is 26.8. The Labute approximate surface area is 381 Å². The predicted molar refractivity (Wildman–Crippen MR) is 255 cm³/mol. The number of ether oxygens (including phenoxy) is 2. The van der Waals surface area contributed by atoms with E-state index in [2.05, 4.69) is 19.2 Å². The third-order valence-electron chi connectivity index (χ3n) is 13.3. The van der Waals surface area contributed by atoms with Crippen molar-refractivity contribution in [2.45, 2.75) is 313 Å². The molecule has 62 heavy (non-hydrogen) atoms. The van der Waals surface area contributed by atoms with Crippen LogP contribution < -0.4 is 5.32 Å². The minimum absolute atomic E-state index is 0.251. The van der Waals surface area contributed by atoms with Crippen molar-refractivity contribution in [1.82, 2.24) is 5.32 Å². The Balaban J connectivity index is 2.29. The lowest BCUT2D eigenvalue weighted by molar-refractivity contribution is -0.303. The Hall–Kier alpha value is -0.850. The van der Waals surface area contributed by atoms with Gasteiger partial charge in [-0.15, -0.1) is 0 Å². The maximum atomic E-state index is 13.1. The normalized spacial score (nSPS) is 20.7. The first kappa shape index (κ1) is 59.2. The summed E-state index contributed by atoms with van der Waals surface area (Å²) in [7, 11) is 0. The fourth-order valence-electron chi connectivity index (χ4n) is 8.97. The van der Waals surface area contributed by atoms with Crippen molar-refractivity contribution in [1.29, 1.82) is 0 Å². The molecule has 1 saturated heterocycles. The molecule has 0 radical (unpaired) electrons. The van der Waals surface area contributed by atoms with Gasteiger partial charge in [0.05, 0.1) is 25.4 Å². The Morgan fingerprint density at radius 2 is 0.839 bits per heavy atom. The van der Waals surface area contributed by atoms with Crippen molar-refractivity contribution in [2.75, 3.05) is 13.2 Å². The molecule has 1 fully saturated rings. The molecule has 8 atom stereocenters. The number of amides is 1. The molecule has 1 amide bonds. The lowest BCUT2D eigenvalue weighted by atomic mass is 9.98. The number of rotatable bonds is 46. The van der Waals surface area contributed by atoms with Crippen LogP contribution in [0, 0.1) is 0 Å². The quantitative estimate of drug-likeness (QED) is 0.0294. The summed E-state index contributed by atoms with van der Waals surface area (Å²) in [5.74, 6) is -0.251.